The van der Waals surface area contributed by atoms with Gasteiger partial charge in [0.15, 0.2) is 23.8 Å². The Morgan fingerprint density at radius 2 is 1.70 bits per heavy atom. The average Bonchev–Trinajstić information content (AvgIpc) is 2.81. The van der Waals surface area contributed by atoms with Crippen LogP contribution in [0, 0.1) is 0 Å². The Morgan fingerprint density at radius 3 is 2.50 bits per heavy atom. The predicted octanol–water partition coefficient (Wildman–Crippen LogP) is 4.57. The van der Waals surface area contributed by atoms with Crippen molar-refractivity contribution in [3.8, 4) is 17.2 Å². The van der Waals surface area contributed by atoms with Gasteiger partial charge in [-0.2, -0.15) is 0 Å². The highest BCUT2D eigenvalue weighted by atomic mass is 16.5. The molecule has 0 aromatic heterocycles. The van der Waals surface area contributed by atoms with Gasteiger partial charge in [-0.25, -0.2) is 4.58 Å². The summed E-state index contributed by atoms with van der Waals surface area (Å²) in [5.41, 5.74) is 6.48. The first-order valence-corrected chi connectivity index (χ1v) is 10.4. The summed E-state index contributed by atoms with van der Waals surface area (Å²) in [6.07, 6.45) is 4.26. The molecular weight excluding hydrogens is 374 g/mol. The minimum atomic E-state index is 0.350. The number of methoxy groups -OCH3 is 2. The number of fused-ring (bicyclic) bond motifs is 4. The van der Waals surface area contributed by atoms with E-state index >= 15 is 0 Å². The van der Waals surface area contributed by atoms with E-state index in [9.17, 15) is 0 Å². The van der Waals surface area contributed by atoms with Gasteiger partial charge in [0.1, 0.15) is 18.9 Å². The molecule has 2 aliphatic heterocycles. The van der Waals surface area contributed by atoms with E-state index in [4.69, 9.17) is 14.2 Å². The Balaban J connectivity index is 1.40. The van der Waals surface area contributed by atoms with Crippen molar-refractivity contribution in [3.63, 3.8) is 0 Å². The molecule has 2 aliphatic rings. The van der Waals surface area contributed by atoms with Gasteiger partial charge in [-0.05, 0) is 47.0 Å². The fourth-order valence-electron chi connectivity index (χ4n) is 4.54. The predicted molar refractivity (Wildman–Crippen MR) is 117 cm³/mol. The standard InChI is InChI=1S/C26H26NO3/c1-28-25-14-20-13-24-23-9-8-22(30-17-18-6-4-3-5-7-18)12-19(23)10-11-27(24)16-21(20)15-26(25)29-2/h3-9,12,14-16,24H,10-11,13,17H2,1-2H3/q+1. The van der Waals surface area contributed by atoms with Gasteiger partial charge in [-0.15, -0.1) is 0 Å². The minimum Gasteiger partial charge on any atom is -0.493 e. The van der Waals surface area contributed by atoms with Crippen LogP contribution in [0.2, 0.25) is 0 Å². The lowest BCUT2D eigenvalue weighted by Gasteiger charge is -2.28. The molecule has 3 aromatic carbocycles. The van der Waals surface area contributed by atoms with Crippen molar-refractivity contribution in [2.45, 2.75) is 25.5 Å². The van der Waals surface area contributed by atoms with Crippen molar-refractivity contribution < 1.29 is 18.8 Å². The summed E-state index contributed by atoms with van der Waals surface area (Å²) in [4.78, 5) is 0. The molecule has 152 valence electrons. The van der Waals surface area contributed by atoms with Crippen LogP contribution in [0.4, 0.5) is 0 Å². The lowest BCUT2D eigenvalue weighted by Crippen LogP contribution is -2.33. The molecule has 0 N–H and O–H groups in total. The zero-order valence-corrected chi connectivity index (χ0v) is 17.4. The maximum absolute atomic E-state index is 6.05. The van der Waals surface area contributed by atoms with E-state index in [1.807, 2.05) is 18.2 Å². The molecule has 2 heterocycles. The normalized spacial score (nSPS) is 16.6. The largest absolute Gasteiger partial charge is 0.493 e. The molecule has 3 aromatic rings. The van der Waals surface area contributed by atoms with E-state index in [1.54, 1.807) is 14.2 Å². The number of hydrogen-bond donors (Lipinski definition) is 0. The smallest absolute Gasteiger partial charge is 0.182 e. The van der Waals surface area contributed by atoms with Crippen LogP contribution >= 0.6 is 0 Å². The molecule has 0 spiro atoms. The van der Waals surface area contributed by atoms with Crippen LogP contribution in [0.25, 0.3) is 0 Å². The lowest BCUT2D eigenvalue weighted by atomic mass is 9.86. The van der Waals surface area contributed by atoms with Gasteiger partial charge in [-0.1, -0.05) is 30.3 Å². The van der Waals surface area contributed by atoms with E-state index in [2.05, 4.69) is 53.3 Å². The zero-order valence-electron chi connectivity index (χ0n) is 17.4. The van der Waals surface area contributed by atoms with Gasteiger partial charge in [0.2, 0.25) is 0 Å². The van der Waals surface area contributed by atoms with Crippen molar-refractivity contribution in [2.24, 2.45) is 0 Å². The highest BCUT2D eigenvalue weighted by molar-refractivity contribution is 5.81. The van der Waals surface area contributed by atoms with Crippen molar-refractivity contribution in [2.75, 3.05) is 20.8 Å². The maximum atomic E-state index is 6.05. The molecule has 0 aliphatic carbocycles. The summed E-state index contributed by atoms with van der Waals surface area (Å²) in [5.74, 6) is 2.51. The first kappa shape index (κ1) is 18.7. The number of rotatable bonds is 5. The molecular formula is C26H26NO3+. The van der Waals surface area contributed by atoms with Crippen LogP contribution in [0.1, 0.15) is 33.9 Å². The Hall–Kier alpha value is -3.27. The van der Waals surface area contributed by atoms with Crippen LogP contribution in [-0.2, 0) is 19.4 Å². The van der Waals surface area contributed by atoms with E-state index in [-0.39, 0.29) is 0 Å². The minimum absolute atomic E-state index is 0.350. The van der Waals surface area contributed by atoms with Gasteiger partial charge in [-0.3, -0.25) is 0 Å². The summed E-state index contributed by atoms with van der Waals surface area (Å²) in [5, 5.41) is 0. The third-order valence-electron chi connectivity index (χ3n) is 6.12. The Morgan fingerprint density at radius 1 is 0.900 bits per heavy atom. The highest BCUT2D eigenvalue weighted by Gasteiger charge is 2.35. The van der Waals surface area contributed by atoms with Gasteiger partial charge >= 0.3 is 0 Å². The van der Waals surface area contributed by atoms with Crippen molar-refractivity contribution in [1.29, 1.82) is 0 Å². The van der Waals surface area contributed by atoms with Crippen LogP contribution in [-0.4, -0.2) is 31.6 Å². The number of hydrogen-bond acceptors (Lipinski definition) is 3. The quantitative estimate of drug-likeness (QED) is 0.588. The Bertz CT molecular complexity index is 1100. The SMILES string of the molecule is COc1cc2c(cc1OC)CC1c3ccc(OCc4ccccc4)cc3CC[N+]1=C2. The average molecular weight is 400 g/mol. The fourth-order valence-corrected chi connectivity index (χ4v) is 4.54. The van der Waals surface area contributed by atoms with Gasteiger partial charge in [0.05, 0.1) is 14.2 Å². The van der Waals surface area contributed by atoms with Crippen molar-refractivity contribution >= 4 is 6.21 Å². The second-order valence-corrected chi connectivity index (χ2v) is 7.88. The van der Waals surface area contributed by atoms with Crippen molar-refractivity contribution in [1.82, 2.24) is 0 Å². The van der Waals surface area contributed by atoms with Gasteiger partial charge in [0.25, 0.3) is 0 Å². The Labute approximate surface area is 177 Å². The van der Waals surface area contributed by atoms with E-state index in [1.165, 1.54) is 27.8 Å². The van der Waals surface area contributed by atoms with Gasteiger partial charge < -0.3 is 14.2 Å². The van der Waals surface area contributed by atoms with Crippen LogP contribution in [0.5, 0.6) is 17.2 Å². The van der Waals surface area contributed by atoms with Gasteiger partial charge in [0, 0.05) is 24.0 Å². The summed E-state index contributed by atoms with van der Waals surface area (Å²) >= 11 is 0. The molecule has 5 rings (SSSR count). The number of ether oxygens (including phenoxy) is 3. The van der Waals surface area contributed by atoms with Crippen LogP contribution in [0.15, 0.2) is 60.7 Å². The molecule has 0 saturated heterocycles. The number of nitrogens with zero attached hydrogens (tertiary/aromatic N) is 1. The molecule has 1 unspecified atom stereocenters. The third kappa shape index (κ3) is 3.43. The summed E-state index contributed by atoms with van der Waals surface area (Å²) in [7, 11) is 3.38. The number of benzene rings is 3. The molecule has 0 fully saturated rings. The van der Waals surface area contributed by atoms with Crippen LogP contribution in [0.3, 0.4) is 0 Å². The fraction of sp³-hybridized carbons (Fsp3) is 0.269. The third-order valence-corrected chi connectivity index (χ3v) is 6.12. The molecule has 0 radical (unpaired) electrons. The summed E-state index contributed by atoms with van der Waals surface area (Å²) < 4.78 is 19.5. The van der Waals surface area contributed by atoms with Crippen molar-refractivity contribution in [3.05, 3.63) is 88.5 Å². The molecule has 0 amide bonds. The second kappa shape index (κ2) is 7.86. The first-order chi connectivity index (χ1) is 14.7. The Kier molecular flexibility index (Phi) is 4.91. The maximum Gasteiger partial charge on any atom is 0.182 e. The van der Waals surface area contributed by atoms with E-state index < -0.39 is 0 Å². The summed E-state index contributed by atoms with van der Waals surface area (Å²) in [6, 6.07) is 21.4. The molecule has 30 heavy (non-hydrogen) atoms. The topological polar surface area (TPSA) is 30.7 Å². The monoisotopic (exact) mass is 400 g/mol. The molecule has 4 nitrogen and oxygen atoms in total. The van der Waals surface area contributed by atoms with E-state index in [0.717, 1.165) is 36.6 Å². The molecule has 0 saturated carbocycles. The highest BCUT2D eigenvalue weighted by Crippen LogP contribution is 2.38. The summed E-state index contributed by atoms with van der Waals surface area (Å²) in [6.45, 7) is 1.60. The zero-order chi connectivity index (χ0) is 20.5. The first-order valence-electron chi connectivity index (χ1n) is 10.4. The molecule has 4 heteroatoms. The second-order valence-electron chi connectivity index (χ2n) is 7.88. The lowest BCUT2D eigenvalue weighted by molar-refractivity contribution is -0.573. The molecule has 0 bridgehead atoms. The van der Waals surface area contributed by atoms with Crippen LogP contribution < -0.4 is 14.2 Å². The van der Waals surface area contributed by atoms with E-state index in [0.29, 0.717) is 12.6 Å². The molecule has 1 atom stereocenters.